The lowest BCUT2D eigenvalue weighted by molar-refractivity contribution is -0.384. The van der Waals surface area contributed by atoms with Gasteiger partial charge in [0, 0.05) is 6.54 Å². The third-order valence-corrected chi connectivity index (χ3v) is 1.88. The second-order valence-electron chi connectivity index (χ2n) is 4.60. The molecule has 18 heavy (non-hydrogen) atoms. The van der Waals surface area contributed by atoms with Gasteiger partial charge in [-0.1, -0.05) is 0 Å². The molecule has 0 aliphatic carbocycles. The first-order valence-electron chi connectivity index (χ1n) is 5.44. The third kappa shape index (κ3) is 3.72. The first kappa shape index (κ1) is 13.9. The SMILES string of the molecule is CCn1cc([N+](=O)[O-])c(NC(=O)OC(C)(C)C)n1. The van der Waals surface area contributed by atoms with E-state index in [9.17, 15) is 14.9 Å². The zero-order chi connectivity index (χ0) is 13.9. The Morgan fingerprint density at radius 2 is 2.22 bits per heavy atom. The smallest absolute Gasteiger partial charge is 0.413 e. The number of aryl methyl sites for hydroxylation is 1. The highest BCUT2D eigenvalue weighted by atomic mass is 16.6. The molecule has 0 aromatic carbocycles. The summed E-state index contributed by atoms with van der Waals surface area (Å²) in [5.41, 5.74) is -0.936. The number of rotatable bonds is 3. The average molecular weight is 256 g/mol. The van der Waals surface area contributed by atoms with Crippen LogP contribution in [0.1, 0.15) is 27.7 Å². The van der Waals surface area contributed by atoms with Gasteiger partial charge in [0.1, 0.15) is 11.8 Å². The van der Waals surface area contributed by atoms with Crippen molar-refractivity contribution in [3.05, 3.63) is 16.3 Å². The molecule has 1 rings (SSSR count). The predicted octanol–water partition coefficient (Wildman–Crippen LogP) is 2.16. The summed E-state index contributed by atoms with van der Waals surface area (Å²) in [5.74, 6) is -0.115. The second-order valence-corrected chi connectivity index (χ2v) is 4.60. The van der Waals surface area contributed by atoms with Crippen LogP contribution in [0, 0.1) is 10.1 Å². The van der Waals surface area contributed by atoms with Crippen LogP contribution in [-0.2, 0) is 11.3 Å². The summed E-state index contributed by atoms with van der Waals surface area (Å²) in [6.07, 6.45) is 0.485. The van der Waals surface area contributed by atoms with E-state index in [1.54, 1.807) is 27.7 Å². The van der Waals surface area contributed by atoms with Crippen LogP contribution in [0.15, 0.2) is 6.20 Å². The van der Waals surface area contributed by atoms with E-state index in [-0.39, 0.29) is 11.5 Å². The Bertz CT molecular complexity index is 461. The minimum atomic E-state index is -0.771. The molecule has 0 bridgehead atoms. The van der Waals surface area contributed by atoms with Gasteiger partial charge < -0.3 is 4.74 Å². The number of nitro groups is 1. The van der Waals surface area contributed by atoms with E-state index in [0.717, 1.165) is 0 Å². The number of aromatic nitrogens is 2. The number of ether oxygens (including phenoxy) is 1. The standard InChI is InChI=1S/C10H16N4O4/c1-5-13-6-7(14(16)17)8(12-13)11-9(15)18-10(2,3)4/h6H,5H2,1-4H3,(H,11,12,15). The zero-order valence-electron chi connectivity index (χ0n) is 10.8. The summed E-state index contributed by atoms with van der Waals surface area (Å²) >= 11 is 0. The Labute approximate surface area is 104 Å². The van der Waals surface area contributed by atoms with Gasteiger partial charge in [-0.3, -0.25) is 20.1 Å². The van der Waals surface area contributed by atoms with Crippen LogP contribution in [0.5, 0.6) is 0 Å². The van der Waals surface area contributed by atoms with Gasteiger partial charge in [-0.05, 0) is 27.7 Å². The van der Waals surface area contributed by atoms with Gasteiger partial charge in [-0.2, -0.15) is 0 Å². The largest absolute Gasteiger partial charge is 0.444 e. The number of carbonyl (C=O) groups is 1. The topological polar surface area (TPSA) is 99.3 Å². The highest BCUT2D eigenvalue weighted by Gasteiger charge is 2.23. The summed E-state index contributed by atoms with van der Waals surface area (Å²) in [5, 5.41) is 16.9. The summed E-state index contributed by atoms with van der Waals surface area (Å²) in [7, 11) is 0. The number of amides is 1. The monoisotopic (exact) mass is 256 g/mol. The summed E-state index contributed by atoms with van der Waals surface area (Å²) in [4.78, 5) is 21.7. The molecule has 1 aromatic heterocycles. The molecule has 1 N–H and O–H groups in total. The highest BCUT2D eigenvalue weighted by molar-refractivity contribution is 5.86. The molecule has 0 unspecified atom stereocenters. The molecule has 0 radical (unpaired) electrons. The summed E-state index contributed by atoms with van der Waals surface area (Å²) in [6, 6.07) is 0. The second kappa shape index (κ2) is 5.03. The van der Waals surface area contributed by atoms with Gasteiger partial charge in [0.25, 0.3) is 0 Å². The first-order valence-corrected chi connectivity index (χ1v) is 5.44. The molecule has 1 aromatic rings. The molecule has 1 amide bonds. The van der Waals surface area contributed by atoms with Gasteiger partial charge in [0.15, 0.2) is 0 Å². The van der Waals surface area contributed by atoms with Crippen molar-refractivity contribution in [3.63, 3.8) is 0 Å². The van der Waals surface area contributed by atoms with E-state index in [1.807, 2.05) is 0 Å². The molecule has 0 fully saturated rings. The van der Waals surface area contributed by atoms with Crippen molar-refractivity contribution in [1.29, 1.82) is 0 Å². The van der Waals surface area contributed by atoms with Crippen molar-refractivity contribution in [2.75, 3.05) is 5.32 Å². The maximum absolute atomic E-state index is 11.5. The predicted molar refractivity (Wildman–Crippen MR) is 64.4 cm³/mol. The minimum Gasteiger partial charge on any atom is -0.444 e. The van der Waals surface area contributed by atoms with Crippen molar-refractivity contribution in [2.45, 2.75) is 39.8 Å². The molecule has 0 aliphatic heterocycles. The fraction of sp³-hybridized carbons (Fsp3) is 0.600. The maximum atomic E-state index is 11.5. The average Bonchev–Trinajstić information content (AvgIpc) is 2.57. The highest BCUT2D eigenvalue weighted by Crippen LogP contribution is 2.22. The molecule has 8 heteroatoms. The Balaban J connectivity index is 2.86. The van der Waals surface area contributed by atoms with Gasteiger partial charge in [0.2, 0.25) is 5.82 Å². The third-order valence-electron chi connectivity index (χ3n) is 1.88. The minimum absolute atomic E-state index is 0.115. The van der Waals surface area contributed by atoms with Crippen LogP contribution in [0.3, 0.4) is 0 Å². The maximum Gasteiger partial charge on any atom is 0.413 e. The quantitative estimate of drug-likeness (QED) is 0.659. The normalized spacial score (nSPS) is 11.1. The van der Waals surface area contributed by atoms with Crippen molar-refractivity contribution in [3.8, 4) is 0 Å². The van der Waals surface area contributed by atoms with Crippen molar-refractivity contribution < 1.29 is 14.5 Å². The molecule has 0 saturated carbocycles. The van der Waals surface area contributed by atoms with Crippen LogP contribution in [0.25, 0.3) is 0 Å². The lowest BCUT2D eigenvalue weighted by Gasteiger charge is -2.18. The van der Waals surface area contributed by atoms with E-state index in [2.05, 4.69) is 10.4 Å². The molecule has 100 valence electrons. The number of carbonyl (C=O) groups excluding carboxylic acids is 1. The molecule has 0 aliphatic rings. The van der Waals surface area contributed by atoms with E-state index < -0.39 is 16.6 Å². The molecular formula is C10H16N4O4. The van der Waals surface area contributed by atoms with Crippen molar-refractivity contribution >= 4 is 17.6 Å². The number of hydrogen-bond donors (Lipinski definition) is 1. The number of nitrogens with zero attached hydrogens (tertiary/aromatic N) is 3. The number of anilines is 1. The summed E-state index contributed by atoms with van der Waals surface area (Å²) < 4.78 is 6.36. The van der Waals surface area contributed by atoms with Gasteiger partial charge >= 0.3 is 11.8 Å². The van der Waals surface area contributed by atoms with Crippen LogP contribution in [0.4, 0.5) is 16.3 Å². The Hall–Kier alpha value is -2.12. The van der Waals surface area contributed by atoms with Gasteiger partial charge in [-0.25, -0.2) is 4.79 Å². The van der Waals surface area contributed by atoms with Gasteiger partial charge in [0.05, 0.1) is 4.92 Å². The molecule has 0 saturated heterocycles. The van der Waals surface area contributed by atoms with E-state index in [1.165, 1.54) is 10.9 Å². The molecular weight excluding hydrogens is 240 g/mol. The lowest BCUT2D eigenvalue weighted by atomic mass is 10.2. The van der Waals surface area contributed by atoms with Crippen molar-refractivity contribution in [1.82, 2.24) is 9.78 Å². The molecule has 1 heterocycles. The van der Waals surface area contributed by atoms with Gasteiger partial charge in [-0.15, -0.1) is 5.10 Å². The Morgan fingerprint density at radius 3 is 2.67 bits per heavy atom. The number of nitrogens with one attached hydrogen (secondary N) is 1. The molecule has 0 spiro atoms. The fourth-order valence-electron chi connectivity index (χ4n) is 1.20. The fourth-order valence-corrected chi connectivity index (χ4v) is 1.20. The van der Waals surface area contributed by atoms with E-state index in [0.29, 0.717) is 6.54 Å². The number of hydrogen-bond acceptors (Lipinski definition) is 5. The van der Waals surface area contributed by atoms with E-state index in [4.69, 9.17) is 4.74 Å². The van der Waals surface area contributed by atoms with Crippen LogP contribution >= 0.6 is 0 Å². The first-order chi connectivity index (χ1) is 8.23. The Kier molecular flexibility index (Phi) is 3.89. The van der Waals surface area contributed by atoms with E-state index >= 15 is 0 Å². The summed E-state index contributed by atoms with van der Waals surface area (Å²) in [6.45, 7) is 7.35. The molecule has 0 atom stereocenters. The zero-order valence-corrected chi connectivity index (χ0v) is 10.8. The molecule has 8 nitrogen and oxygen atoms in total. The van der Waals surface area contributed by atoms with Crippen LogP contribution < -0.4 is 5.32 Å². The van der Waals surface area contributed by atoms with Crippen molar-refractivity contribution in [2.24, 2.45) is 0 Å². The Morgan fingerprint density at radius 1 is 1.61 bits per heavy atom. The lowest BCUT2D eigenvalue weighted by Crippen LogP contribution is -2.27. The van der Waals surface area contributed by atoms with Crippen LogP contribution in [-0.4, -0.2) is 26.4 Å². The van der Waals surface area contributed by atoms with Crippen LogP contribution in [0.2, 0.25) is 0 Å².